The summed E-state index contributed by atoms with van der Waals surface area (Å²) in [7, 11) is 0. The molecule has 1 heterocycles. The van der Waals surface area contributed by atoms with Gasteiger partial charge in [-0.1, -0.05) is 42.5 Å². The van der Waals surface area contributed by atoms with Gasteiger partial charge in [0.05, 0.1) is 17.9 Å². The summed E-state index contributed by atoms with van der Waals surface area (Å²) < 4.78 is 11.8. The summed E-state index contributed by atoms with van der Waals surface area (Å²) in [6.45, 7) is 1.36. The lowest BCUT2D eigenvalue weighted by Crippen LogP contribution is -2.26. The molecule has 0 spiro atoms. The molecule has 1 aliphatic heterocycles. The zero-order valence-corrected chi connectivity index (χ0v) is 12.7. The highest BCUT2D eigenvalue weighted by molar-refractivity contribution is 5.77. The van der Waals surface area contributed by atoms with Gasteiger partial charge < -0.3 is 14.4 Å². The summed E-state index contributed by atoms with van der Waals surface area (Å²) in [5.41, 5.74) is 2.14. The zero-order chi connectivity index (χ0) is 15.5. The van der Waals surface area contributed by atoms with Gasteiger partial charge in [-0.15, -0.1) is 0 Å². The minimum absolute atomic E-state index is 0.604. The molecule has 0 amide bonds. The average molecular weight is 303 g/mol. The minimum Gasteiger partial charge on any atom is -0.492 e. The van der Waals surface area contributed by atoms with E-state index in [0.717, 1.165) is 35.2 Å². The van der Waals surface area contributed by atoms with Gasteiger partial charge in [0, 0.05) is 0 Å². The smallest absolute Gasteiger partial charge is 0.151 e. The van der Waals surface area contributed by atoms with E-state index >= 15 is 0 Å². The lowest BCUT2D eigenvalue weighted by Gasteiger charge is -2.32. The fourth-order valence-corrected chi connectivity index (χ4v) is 2.79. The number of ether oxygens (including phenoxy) is 2. The van der Waals surface area contributed by atoms with Crippen molar-refractivity contribution in [2.24, 2.45) is 0 Å². The van der Waals surface area contributed by atoms with Crippen molar-refractivity contribution < 1.29 is 9.47 Å². The maximum Gasteiger partial charge on any atom is 0.151 e. The molecule has 3 nitrogen and oxygen atoms in total. The van der Waals surface area contributed by atoms with Gasteiger partial charge in [-0.25, -0.2) is 0 Å². The van der Waals surface area contributed by atoms with Crippen molar-refractivity contribution in [1.29, 1.82) is 0 Å². The molecule has 0 aromatic heterocycles. The van der Waals surface area contributed by atoms with Crippen LogP contribution in [-0.4, -0.2) is 13.2 Å². The van der Waals surface area contributed by atoms with Crippen LogP contribution in [0.3, 0.4) is 0 Å². The van der Waals surface area contributed by atoms with Gasteiger partial charge >= 0.3 is 0 Å². The van der Waals surface area contributed by atoms with Crippen LogP contribution in [0, 0.1) is 0 Å². The van der Waals surface area contributed by atoms with Crippen LogP contribution in [0.25, 0.3) is 0 Å². The third kappa shape index (κ3) is 2.73. The van der Waals surface area contributed by atoms with Crippen LogP contribution in [0.15, 0.2) is 78.9 Å². The van der Waals surface area contributed by atoms with E-state index in [-0.39, 0.29) is 0 Å². The summed E-state index contributed by atoms with van der Waals surface area (Å²) in [5, 5.41) is 0. The molecule has 0 N–H and O–H groups in total. The predicted molar refractivity (Wildman–Crippen MR) is 91.9 cm³/mol. The zero-order valence-electron chi connectivity index (χ0n) is 12.7. The second-order valence-electron chi connectivity index (χ2n) is 5.35. The SMILES string of the molecule is c1ccc(OCCN2c3ccccc3Oc3ccccc32)cc1. The highest BCUT2D eigenvalue weighted by Crippen LogP contribution is 2.45. The maximum atomic E-state index is 5.99. The van der Waals surface area contributed by atoms with Crippen molar-refractivity contribution in [1.82, 2.24) is 0 Å². The lowest BCUT2D eigenvalue weighted by molar-refractivity contribution is 0.326. The first-order valence-corrected chi connectivity index (χ1v) is 7.73. The van der Waals surface area contributed by atoms with Crippen molar-refractivity contribution in [3.8, 4) is 17.2 Å². The highest BCUT2D eigenvalue weighted by atomic mass is 16.5. The molecule has 0 radical (unpaired) electrons. The summed E-state index contributed by atoms with van der Waals surface area (Å²) in [6.07, 6.45) is 0. The number of para-hydroxylation sites is 5. The molecule has 114 valence electrons. The lowest BCUT2D eigenvalue weighted by atomic mass is 10.1. The number of fused-ring (bicyclic) bond motifs is 2. The normalized spacial score (nSPS) is 12.1. The quantitative estimate of drug-likeness (QED) is 0.676. The molecule has 0 saturated heterocycles. The molecule has 3 heteroatoms. The van der Waals surface area contributed by atoms with Gasteiger partial charge in [0.1, 0.15) is 12.4 Å². The van der Waals surface area contributed by atoms with E-state index in [9.17, 15) is 0 Å². The van der Waals surface area contributed by atoms with Crippen molar-refractivity contribution in [3.05, 3.63) is 78.9 Å². The standard InChI is InChI=1S/C20H17NO2/c1-2-8-16(9-3-1)22-15-14-21-17-10-4-6-12-19(17)23-20-13-7-5-11-18(20)21/h1-13H,14-15H2. The third-order valence-corrected chi connectivity index (χ3v) is 3.86. The molecule has 1 aliphatic rings. The van der Waals surface area contributed by atoms with E-state index in [1.165, 1.54) is 0 Å². The Balaban J connectivity index is 1.57. The second-order valence-corrected chi connectivity index (χ2v) is 5.35. The summed E-state index contributed by atoms with van der Waals surface area (Å²) in [4.78, 5) is 2.25. The van der Waals surface area contributed by atoms with Crippen LogP contribution < -0.4 is 14.4 Å². The van der Waals surface area contributed by atoms with Gasteiger partial charge in [-0.3, -0.25) is 0 Å². The number of rotatable bonds is 4. The Morgan fingerprint density at radius 3 is 1.91 bits per heavy atom. The van der Waals surface area contributed by atoms with Crippen molar-refractivity contribution in [2.75, 3.05) is 18.1 Å². The summed E-state index contributed by atoms with van der Waals surface area (Å²) in [6, 6.07) is 26.1. The summed E-state index contributed by atoms with van der Waals surface area (Å²) >= 11 is 0. The first-order chi connectivity index (χ1) is 11.4. The molecule has 0 aliphatic carbocycles. The second kappa shape index (κ2) is 6.05. The first-order valence-electron chi connectivity index (χ1n) is 7.73. The van der Waals surface area contributed by atoms with Crippen molar-refractivity contribution in [3.63, 3.8) is 0 Å². The fraction of sp³-hybridized carbons (Fsp3) is 0.100. The highest BCUT2D eigenvalue weighted by Gasteiger charge is 2.23. The number of nitrogens with zero attached hydrogens (tertiary/aromatic N) is 1. The van der Waals surface area contributed by atoms with Gasteiger partial charge in [0.2, 0.25) is 0 Å². The molecule has 3 aromatic rings. The van der Waals surface area contributed by atoms with E-state index in [0.29, 0.717) is 6.61 Å². The topological polar surface area (TPSA) is 21.7 Å². The number of anilines is 2. The van der Waals surface area contributed by atoms with Crippen LogP contribution in [0.5, 0.6) is 17.2 Å². The number of hydrogen-bond donors (Lipinski definition) is 0. The van der Waals surface area contributed by atoms with E-state index in [2.05, 4.69) is 17.0 Å². The molecule has 0 saturated carbocycles. The molecule has 0 fully saturated rings. The molecule has 23 heavy (non-hydrogen) atoms. The number of hydrogen-bond acceptors (Lipinski definition) is 3. The van der Waals surface area contributed by atoms with Gasteiger partial charge in [-0.05, 0) is 36.4 Å². The minimum atomic E-state index is 0.604. The van der Waals surface area contributed by atoms with E-state index in [4.69, 9.17) is 9.47 Å². The van der Waals surface area contributed by atoms with Gasteiger partial charge in [0.15, 0.2) is 11.5 Å². The Kier molecular flexibility index (Phi) is 3.60. The molecule has 0 unspecified atom stereocenters. The molecule has 0 atom stereocenters. The van der Waals surface area contributed by atoms with Crippen LogP contribution in [0.1, 0.15) is 0 Å². The number of benzene rings is 3. The van der Waals surface area contributed by atoms with Crippen LogP contribution in [0.4, 0.5) is 11.4 Å². The van der Waals surface area contributed by atoms with Crippen LogP contribution >= 0.6 is 0 Å². The molecular weight excluding hydrogens is 286 g/mol. The van der Waals surface area contributed by atoms with Crippen LogP contribution in [0.2, 0.25) is 0 Å². The van der Waals surface area contributed by atoms with Crippen molar-refractivity contribution >= 4 is 11.4 Å². The Morgan fingerprint density at radius 2 is 1.26 bits per heavy atom. The van der Waals surface area contributed by atoms with Gasteiger partial charge in [0.25, 0.3) is 0 Å². The van der Waals surface area contributed by atoms with Crippen molar-refractivity contribution in [2.45, 2.75) is 0 Å². The summed E-state index contributed by atoms with van der Waals surface area (Å²) in [5.74, 6) is 2.65. The Bertz CT molecular complexity index is 756. The Hall–Kier alpha value is -2.94. The van der Waals surface area contributed by atoms with E-state index in [1.807, 2.05) is 66.7 Å². The van der Waals surface area contributed by atoms with Gasteiger partial charge in [-0.2, -0.15) is 0 Å². The van der Waals surface area contributed by atoms with E-state index < -0.39 is 0 Å². The predicted octanol–water partition coefficient (Wildman–Crippen LogP) is 5.01. The monoisotopic (exact) mass is 303 g/mol. The first kappa shape index (κ1) is 13.7. The largest absolute Gasteiger partial charge is 0.492 e. The maximum absolute atomic E-state index is 5.99. The van der Waals surface area contributed by atoms with Crippen LogP contribution in [-0.2, 0) is 0 Å². The average Bonchev–Trinajstić information content (AvgIpc) is 2.62. The van der Waals surface area contributed by atoms with E-state index in [1.54, 1.807) is 0 Å². The molecular formula is C20H17NO2. The molecule has 3 aromatic carbocycles. The Labute approximate surface area is 135 Å². The third-order valence-electron chi connectivity index (χ3n) is 3.86. The molecule has 4 rings (SSSR count). The molecule has 0 bridgehead atoms. The Morgan fingerprint density at radius 1 is 0.696 bits per heavy atom. The fourth-order valence-electron chi connectivity index (χ4n) is 2.79.